The quantitative estimate of drug-likeness (QED) is 0.322. The van der Waals surface area contributed by atoms with Gasteiger partial charge in [-0.25, -0.2) is 0 Å². The topological polar surface area (TPSA) is 97.0 Å². The van der Waals surface area contributed by atoms with Crippen molar-refractivity contribution < 1.29 is 9.72 Å². The Morgan fingerprint density at radius 3 is 2.80 bits per heavy atom. The SMILES string of the molecule is C#CCCC1(CCNC(=O)/C(=C/c2cccc([N+](=O)[O-])c2)CC)N=N1. The number of nitro benzene ring substituents is 1. The highest BCUT2D eigenvalue weighted by Gasteiger charge is 2.38. The fraction of sp³-hybridized carbons (Fsp3) is 0.389. The van der Waals surface area contributed by atoms with Gasteiger partial charge in [0.2, 0.25) is 5.91 Å². The molecule has 1 aliphatic heterocycles. The lowest BCUT2D eigenvalue weighted by Crippen LogP contribution is -2.29. The van der Waals surface area contributed by atoms with E-state index in [-0.39, 0.29) is 11.6 Å². The Morgan fingerprint density at radius 1 is 1.44 bits per heavy atom. The van der Waals surface area contributed by atoms with Crippen LogP contribution in [0.25, 0.3) is 6.08 Å². The van der Waals surface area contributed by atoms with E-state index in [1.807, 2.05) is 6.92 Å². The molecule has 25 heavy (non-hydrogen) atoms. The molecule has 0 fully saturated rings. The molecule has 0 radical (unpaired) electrons. The van der Waals surface area contributed by atoms with Gasteiger partial charge >= 0.3 is 0 Å². The number of carbonyl (C=O) groups is 1. The van der Waals surface area contributed by atoms with Gasteiger partial charge in [-0.15, -0.1) is 12.3 Å². The van der Waals surface area contributed by atoms with Crippen molar-refractivity contribution in [3.8, 4) is 12.3 Å². The molecule has 0 atom stereocenters. The third-order valence-corrected chi connectivity index (χ3v) is 3.96. The molecule has 7 nitrogen and oxygen atoms in total. The van der Waals surface area contributed by atoms with Crippen molar-refractivity contribution in [2.45, 2.75) is 38.3 Å². The van der Waals surface area contributed by atoms with Crippen molar-refractivity contribution in [1.29, 1.82) is 0 Å². The van der Waals surface area contributed by atoms with Crippen LogP contribution >= 0.6 is 0 Å². The van der Waals surface area contributed by atoms with Gasteiger partial charge in [0.25, 0.3) is 5.69 Å². The van der Waals surface area contributed by atoms with Crippen molar-refractivity contribution in [3.05, 3.63) is 45.5 Å². The molecule has 1 N–H and O–H groups in total. The third-order valence-electron chi connectivity index (χ3n) is 3.96. The molecule has 0 saturated heterocycles. The average Bonchev–Trinajstić information content (AvgIpc) is 3.38. The van der Waals surface area contributed by atoms with E-state index in [1.54, 1.807) is 18.2 Å². The van der Waals surface area contributed by atoms with Crippen LogP contribution in [0.2, 0.25) is 0 Å². The summed E-state index contributed by atoms with van der Waals surface area (Å²) in [4.78, 5) is 22.7. The summed E-state index contributed by atoms with van der Waals surface area (Å²) in [7, 11) is 0. The molecule has 1 amide bonds. The van der Waals surface area contributed by atoms with Crippen LogP contribution in [-0.2, 0) is 4.79 Å². The first-order valence-corrected chi connectivity index (χ1v) is 8.10. The minimum Gasteiger partial charge on any atom is -0.352 e. The average molecular weight is 340 g/mol. The second kappa shape index (κ2) is 8.20. The third kappa shape index (κ3) is 5.24. The molecule has 0 aliphatic carbocycles. The lowest BCUT2D eigenvalue weighted by molar-refractivity contribution is -0.384. The molecule has 2 rings (SSSR count). The van der Waals surface area contributed by atoms with Gasteiger partial charge in [0.05, 0.1) is 4.92 Å². The first-order chi connectivity index (χ1) is 12.0. The molecular weight excluding hydrogens is 320 g/mol. The zero-order valence-corrected chi connectivity index (χ0v) is 14.1. The van der Waals surface area contributed by atoms with Gasteiger partial charge in [-0.3, -0.25) is 14.9 Å². The smallest absolute Gasteiger partial charge is 0.270 e. The van der Waals surface area contributed by atoms with Gasteiger partial charge < -0.3 is 5.32 Å². The highest BCUT2D eigenvalue weighted by molar-refractivity contribution is 5.97. The zero-order chi connectivity index (χ0) is 18.3. The molecule has 130 valence electrons. The number of nitro groups is 1. The highest BCUT2D eigenvalue weighted by Crippen LogP contribution is 2.36. The predicted molar refractivity (Wildman–Crippen MR) is 94.6 cm³/mol. The number of hydrogen-bond donors (Lipinski definition) is 1. The summed E-state index contributed by atoms with van der Waals surface area (Å²) in [5.41, 5.74) is 0.759. The van der Waals surface area contributed by atoms with Crippen LogP contribution < -0.4 is 5.32 Å². The fourth-order valence-electron chi connectivity index (χ4n) is 2.42. The highest BCUT2D eigenvalue weighted by atomic mass is 16.6. The van der Waals surface area contributed by atoms with Crippen LogP contribution in [0, 0.1) is 22.5 Å². The summed E-state index contributed by atoms with van der Waals surface area (Å²) in [5.74, 6) is 2.37. The van der Waals surface area contributed by atoms with Gasteiger partial charge in [-0.05, 0) is 18.1 Å². The Labute approximate surface area is 146 Å². The largest absolute Gasteiger partial charge is 0.352 e. The van der Waals surface area contributed by atoms with Gasteiger partial charge in [0.15, 0.2) is 5.66 Å². The Morgan fingerprint density at radius 2 is 2.20 bits per heavy atom. The molecule has 0 saturated carbocycles. The van der Waals surface area contributed by atoms with E-state index < -0.39 is 10.6 Å². The number of nitrogens with one attached hydrogen (secondary N) is 1. The molecular formula is C18H20N4O3. The van der Waals surface area contributed by atoms with E-state index in [9.17, 15) is 14.9 Å². The number of terminal acetylenes is 1. The van der Waals surface area contributed by atoms with E-state index in [0.29, 0.717) is 43.4 Å². The first kappa shape index (κ1) is 18.3. The van der Waals surface area contributed by atoms with Crippen LogP contribution in [0.15, 0.2) is 40.1 Å². The summed E-state index contributed by atoms with van der Waals surface area (Å²) < 4.78 is 0. The lowest BCUT2D eigenvalue weighted by Gasteiger charge is -2.11. The van der Waals surface area contributed by atoms with E-state index >= 15 is 0 Å². The first-order valence-electron chi connectivity index (χ1n) is 8.10. The maximum atomic E-state index is 12.3. The molecule has 7 heteroatoms. The molecule has 0 bridgehead atoms. The Hall–Kier alpha value is -3.01. The second-order valence-corrected chi connectivity index (χ2v) is 5.77. The number of rotatable bonds is 9. The number of hydrogen-bond acceptors (Lipinski definition) is 5. The summed E-state index contributed by atoms with van der Waals surface area (Å²) in [6.45, 7) is 2.31. The Balaban J connectivity index is 1.93. The van der Waals surface area contributed by atoms with E-state index in [2.05, 4.69) is 21.5 Å². The van der Waals surface area contributed by atoms with Gasteiger partial charge in [-0.2, -0.15) is 10.2 Å². The molecule has 1 aromatic rings. The van der Waals surface area contributed by atoms with Crippen molar-refractivity contribution in [1.82, 2.24) is 5.32 Å². The second-order valence-electron chi connectivity index (χ2n) is 5.77. The van der Waals surface area contributed by atoms with Crippen molar-refractivity contribution >= 4 is 17.7 Å². The van der Waals surface area contributed by atoms with E-state index in [1.165, 1.54) is 12.1 Å². The Kier molecular flexibility index (Phi) is 6.01. The number of nitrogens with zero attached hydrogens (tertiary/aromatic N) is 3. The minimum atomic E-state index is -0.457. The molecule has 0 aromatic heterocycles. The van der Waals surface area contributed by atoms with E-state index in [4.69, 9.17) is 6.42 Å². The molecule has 1 aliphatic rings. The van der Waals surface area contributed by atoms with Crippen molar-refractivity contribution in [3.63, 3.8) is 0 Å². The van der Waals surface area contributed by atoms with Crippen LogP contribution in [0.5, 0.6) is 0 Å². The maximum Gasteiger partial charge on any atom is 0.270 e. The lowest BCUT2D eigenvalue weighted by atomic mass is 10.0. The summed E-state index contributed by atoms with van der Waals surface area (Å²) in [6.07, 6.45) is 9.36. The number of non-ortho nitro benzene ring substituents is 1. The summed E-state index contributed by atoms with van der Waals surface area (Å²) in [6, 6.07) is 6.19. The molecule has 0 spiro atoms. The standard InChI is InChI=1S/C18H20N4O3/c1-3-5-9-18(20-21-18)10-11-19-17(23)15(4-2)12-14-7-6-8-16(13-14)22(24)25/h1,6-8,12-13H,4-5,9-11H2,2H3,(H,19,23)/b15-12+. The number of benzene rings is 1. The van der Waals surface area contributed by atoms with Crippen LogP contribution in [0.4, 0.5) is 5.69 Å². The number of carbonyl (C=O) groups excluding carboxylic acids is 1. The van der Waals surface area contributed by atoms with Crippen LogP contribution in [0.1, 0.15) is 38.2 Å². The molecule has 1 aromatic carbocycles. The maximum absolute atomic E-state index is 12.3. The fourth-order valence-corrected chi connectivity index (χ4v) is 2.42. The van der Waals surface area contributed by atoms with Gasteiger partial charge in [0.1, 0.15) is 0 Å². The predicted octanol–water partition coefficient (Wildman–Crippen LogP) is 3.47. The van der Waals surface area contributed by atoms with Crippen molar-refractivity contribution in [2.24, 2.45) is 10.2 Å². The van der Waals surface area contributed by atoms with E-state index in [0.717, 1.165) is 0 Å². The normalized spacial score (nSPS) is 14.6. The molecule has 0 unspecified atom stereocenters. The monoisotopic (exact) mass is 340 g/mol. The number of amides is 1. The zero-order valence-electron chi connectivity index (χ0n) is 14.1. The summed E-state index contributed by atoms with van der Waals surface area (Å²) >= 11 is 0. The summed E-state index contributed by atoms with van der Waals surface area (Å²) in [5, 5.41) is 21.7. The minimum absolute atomic E-state index is 0.00276. The Bertz CT molecular complexity index is 756. The van der Waals surface area contributed by atoms with Crippen molar-refractivity contribution in [2.75, 3.05) is 6.54 Å². The van der Waals surface area contributed by atoms with Crippen LogP contribution in [0.3, 0.4) is 0 Å². The van der Waals surface area contributed by atoms with Gasteiger partial charge in [0, 0.05) is 43.5 Å². The van der Waals surface area contributed by atoms with Gasteiger partial charge in [-0.1, -0.05) is 19.1 Å². The molecule has 1 heterocycles. The van der Waals surface area contributed by atoms with Crippen LogP contribution in [-0.4, -0.2) is 23.0 Å².